The first-order valence-electron chi connectivity index (χ1n) is 5.26. The number of nitrogens with one attached hydrogen (secondary N) is 1. The SMILES string of the molecule is COCCNC(=O)OC1CCCCC1. The van der Waals surface area contributed by atoms with E-state index in [0.29, 0.717) is 13.2 Å². The topological polar surface area (TPSA) is 47.6 Å². The van der Waals surface area contributed by atoms with E-state index in [4.69, 9.17) is 9.47 Å². The third-order valence-corrected chi connectivity index (χ3v) is 2.40. The summed E-state index contributed by atoms with van der Waals surface area (Å²) in [5.41, 5.74) is 0. The minimum absolute atomic E-state index is 0.131. The van der Waals surface area contributed by atoms with Crippen molar-refractivity contribution in [3.8, 4) is 0 Å². The molecule has 0 unspecified atom stereocenters. The third-order valence-electron chi connectivity index (χ3n) is 2.40. The lowest BCUT2D eigenvalue weighted by molar-refractivity contribution is 0.0733. The van der Waals surface area contributed by atoms with Crippen LogP contribution < -0.4 is 5.32 Å². The highest BCUT2D eigenvalue weighted by atomic mass is 16.6. The molecule has 0 aromatic carbocycles. The Labute approximate surface area is 85.0 Å². The number of alkyl carbamates (subject to hydrolysis) is 1. The molecule has 1 N–H and O–H groups in total. The average molecular weight is 201 g/mol. The van der Waals surface area contributed by atoms with Gasteiger partial charge in [0.05, 0.1) is 6.61 Å². The van der Waals surface area contributed by atoms with Gasteiger partial charge in [0.25, 0.3) is 0 Å². The van der Waals surface area contributed by atoms with Crippen LogP contribution in [-0.2, 0) is 9.47 Å². The average Bonchev–Trinajstić information content (AvgIpc) is 2.20. The van der Waals surface area contributed by atoms with Gasteiger partial charge in [-0.05, 0) is 25.7 Å². The van der Waals surface area contributed by atoms with Crippen LogP contribution in [0.5, 0.6) is 0 Å². The van der Waals surface area contributed by atoms with Crippen LogP contribution in [0.1, 0.15) is 32.1 Å². The van der Waals surface area contributed by atoms with Crippen molar-refractivity contribution in [2.75, 3.05) is 20.3 Å². The van der Waals surface area contributed by atoms with Gasteiger partial charge in [0.2, 0.25) is 0 Å². The summed E-state index contributed by atoms with van der Waals surface area (Å²) in [4.78, 5) is 11.2. The van der Waals surface area contributed by atoms with Gasteiger partial charge in [-0.1, -0.05) is 6.42 Å². The van der Waals surface area contributed by atoms with Gasteiger partial charge in [-0.3, -0.25) is 0 Å². The Hall–Kier alpha value is -0.770. The molecular weight excluding hydrogens is 182 g/mol. The molecule has 0 aromatic rings. The van der Waals surface area contributed by atoms with Crippen molar-refractivity contribution < 1.29 is 14.3 Å². The molecule has 1 aliphatic rings. The standard InChI is InChI=1S/C10H19NO3/c1-13-8-7-11-10(12)14-9-5-3-2-4-6-9/h9H,2-8H2,1H3,(H,11,12). The summed E-state index contributed by atoms with van der Waals surface area (Å²) in [6.07, 6.45) is 5.47. The number of hydrogen-bond acceptors (Lipinski definition) is 3. The Balaban J connectivity index is 2.06. The molecule has 4 heteroatoms. The van der Waals surface area contributed by atoms with E-state index in [-0.39, 0.29) is 12.2 Å². The first kappa shape index (κ1) is 11.3. The largest absolute Gasteiger partial charge is 0.446 e. The smallest absolute Gasteiger partial charge is 0.407 e. The summed E-state index contributed by atoms with van der Waals surface area (Å²) in [5, 5.41) is 2.64. The predicted molar refractivity (Wildman–Crippen MR) is 53.2 cm³/mol. The fraction of sp³-hybridized carbons (Fsp3) is 0.900. The van der Waals surface area contributed by atoms with Crippen molar-refractivity contribution in [2.45, 2.75) is 38.2 Å². The maximum Gasteiger partial charge on any atom is 0.407 e. The zero-order chi connectivity index (χ0) is 10.2. The lowest BCUT2D eigenvalue weighted by Crippen LogP contribution is -2.32. The summed E-state index contributed by atoms with van der Waals surface area (Å²) in [5.74, 6) is 0. The fourth-order valence-electron chi connectivity index (χ4n) is 1.63. The number of hydrogen-bond donors (Lipinski definition) is 1. The molecule has 0 aliphatic heterocycles. The van der Waals surface area contributed by atoms with Crippen LogP contribution in [0.25, 0.3) is 0 Å². The summed E-state index contributed by atoms with van der Waals surface area (Å²) in [6.45, 7) is 1.04. The van der Waals surface area contributed by atoms with E-state index in [2.05, 4.69) is 5.32 Å². The number of ether oxygens (including phenoxy) is 2. The molecule has 1 aliphatic carbocycles. The molecule has 0 atom stereocenters. The predicted octanol–water partition coefficient (Wildman–Crippen LogP) is 1.69. The fourth-order valence-corrected chi connectivity index (χ4v) is 1.63. The second-order valence-electron chi connectivity index (χ2n) is 3.58. The van der Waals surface area contributed by atoms with E-state index < -0.39 is 0 Å². The number of amides is 1. The van der Waals surface area contributed by atoms with Crippen molar-refractivity contribution in [2.24, 2.45) is 0 Å². The van der Waals surface area contributed by atoms with Crippen LogP contribution in [0.3, 0.4) is 0 Å². The van der Waals surface area contributed by atoms with Gasteiger partial charge in [0, 0.05) is 13.7 Å². The molecule has 0 spiro atoms. The van der Waals surface area contributed by atoms with Crippen LogP contribution in [-0.4, -0.2) is 32.5 Å². The number of methoxy groups -OCH3 is 1. The molecule has 14 heavy (non-hydrogen) atoms. The monoisotopic (exact) mass is 201 g/mol. The van der Waals surface area contributed by atoms with E-state index in [9.17, 15) is 4.79 Å². The molecule has 0 radical (unpaired) electrons. The van der Waals surface area contributed by atoms with Gasteiger partial charge in [0.15, 0.2) is 0 Å². The molecule has 1 amide bonds. The van der Waals surface area contributed by atoms with Crippen molar-refractivity contribution in [3.05, 3.63) is 0 Å². The van der Waals surface area contributed by atoms with Crippen molar-refractivity contribution in [1.82, 2.24) is 5.32 Å². The third kappa shape index (κ3) is 4.46. The number of carbonyl (C=O) groups is 1. The highest BCUT2D eigenvalue weighted by molar-refractivity contribution is 5.67. The minimum Gasteiger partial charge on any atom is -0.446 e. The quantitative estimate of drug-likeness (QED) is 0.704. The van der Waals surface area contributed by atoms with E-state index in [0.717, 1.165) is 12.8 Å². The van der Waals surface area contributed by atoms with Crippen LogP contribution in [0.2, 0.25) is 0 Å². The van der Waals surface area contributed by atoms with Crippen LogP contribution >= 0.6 is 0 Å². The Kier molecular flexibility index (Phi) is 5.37. The van der Waals surface area contributed by atoms with E-state index >= 15 is 0 Å². The van der Waals surface area contributed by atoms with E-state index in [1.54, 1.807) is 7.11 Å². The summed E-state index contributed by atoms with van der Waals surface area (Å²) in [7, 11) is 1.61. The summed E-state index contributed by atoms with van der Waals surface area (Å²) >= 11 is 0. The Morgan fingerprint density at radius 1 is 1.36 bits per heavy atom. The molecule has 82 valence electrons. The van der Waals surface area contributed by atoms with Crippen molar-refractivity contribution >= 4 is 6.09 Å². The second-order valence-corrected chi connectivity index (χ2v) is 3.58. The molecule has 0 heterocycles. The van der Waals surface area contributed by atoms with Crippen molar-refractivity contribution in [1.29, 1.82) is 0 Å². The summed E-state index contributed by atoms with van der Waals surface area (Å²) < 4.78 is 10.0. The van der Waals surface area contributed by atoms with Crippen LogP contribution in [0.4, 0.5) is 4.79 Å². The summed E-state index contributed by atoms with van der Waals surface area (Å²) in [6, 6.07) is 0. The molecular formula is C10H19NO3. The van der Waals surface area contributed by atoms with Gasteiger partial charge < -0.3 is 14.8 Å². The molecule has 0 bridgehead atoms. The van der Waals surface area contributed by atoms with Gasteiger partial charge >= 0.3 is 6.09 Å². The molecule has 0 aromatic heterocycles. The molecule has 4 nitrogen and oxygen atoms in total. The normalized spacial score (nSPS) is 17.8. The van der Waals surface area contributed by atoms with Gasteiger partial charge in [-0.2, -0.15) is 0 Å². The minimum atomic E-state index is -0.311. The maximum absolute atomic E-state index is 11.2. The molecule has 0 saturated heterocycles. The molecule has 1 rings (SSSR count). The molecule has 1 saturated carbocycles. The highest BCUT2D eigenvalue weighted by Crippen LogP contribution is 2.20. The van der Waals surface area contributed by atoms with Crippen LogP contribution in [0.15, 0.2) is 0 Å². The second kappa shape index (κ2) is 6.65. The number of carbonyl (C=O) groups excluding carboxylic acids is 1. The van der Waals surface area contributed by atoms with Crippen molar-refractivity contribution in [3.63, 3.8) is 0 Å². The lowest BCUT2D eigenvalue weighted by atomic mass is 9.98. The van der Waals surface area contributed by atoms with Gasteiger partial charge in [-0.25, -0.2) is 4.79 Å². The van der Waals surface area contributed by atoms with Gasteiger partial charge in [0.1, 0.15) is 6.10 Å². The van der Waals surface area contributed by atoms with Gasteiger partial charge in [-0.15, -0.1) is 0 Å². The van der Waals surface area contributed by atoms with E-state index in [1.807, 2.05) is 0 Å². The highest BCUT2D eigenvalue weighted by Gasteiger charge is 2.16. The number of rotatable bonds is 4. The zero-order valence-electron chi connectivity index (χ0n) is 8.75. The zero-order valence-corrected chi connectivity index (χ0v) is 8.75. The Bertz CT molecular complexity index is 167. The first-order valence-corrected chi connectivity index (χ1v) is 5.26. The first-order chi connectivity index (χ1) is 6.83. The maximum atomic E-state index is 11.2. The van der Waals surface area contributed by atoms with E-state index in [1.165, 1.54) is 19.3 Å². The molecule has 1 fully saturated rings. The lowest BCUT2D eigenvalue weighted by Gasteiger charge is -2.21. The Morgan fingerprint density at radius 3 is 2.71 bits per heavy atom. The van der Waals surface area contributed by atoms with Crippen LogP contribution in [0, 0.1) is 0 Å². The Morgan fingerprint density at radius 2 is 2.07 bits per heavy atom.